The molecule has 2 N–H and O–H groups in total. The van der Waals surface area contributed by atoms with Gasteiger partial charge in [-0.05, 0) is 30.5 Å². The van der Waals surface area contributed by atoms with E-state index in [1.165, 1.54) is 11.3 Å². The number of anilines is 1. The van der Waals surface area contributed by atoms with Gasteiger partial charge in [0.1, 0.15) is 0 Å². The van der Waals surface area contributed by atoms with Gasteiger partial charge in [0.15, 0.2) is 15.0 Å². The molecule has 136 valence electrons. The van der Waals surface area contributed by atoms with Gasteiger partial charge in [0, 0.05) is 30.0 Å². The lowest BCUT2D eigenvalue weighted by atomic mass is 10.1. The average Bonchev–Trinajstić information content (AvgIpc) is 3.42. The van der Waals surface area contributed by atoms with Crippen molar-refractivity contribution in [3.63, 3.8) is 0 Å². The number of nitrogens with zero attached hydrogens (tertiary/aromatic N) is 1. The molecular weight excluding hydrogens is 370 g/mol. The van der Waals surface area contributed by atoms with Crippen molar-refractivity contribution in [3.05, 3.63) is 47.0 Å². The lowest BCUT2D eigenvalue weighted by Crippen LogP contribution is -2.22. The summed E-state index contributed by atoms with van der Waals surface area (Å²) in [5.41, 5.74) is 1.91. The number of amides is 1. The van der Waals surface area contributed by atoms with E-state index < -0.39 is 9.84 Å². The molecule has 1 aliphatic heterocycles. The third kappa shape index (κ3) is 3.32. The number of rotatable bonds is 5. The van der Waals surface area contributed by atoms with Crippen LogP contribution in [0.4, 0.5) is 5.13 Å². The maximum atomic E-state index is 12.4. The zero-order valence-electron chi connectivity index (χ0n) is 14.1. The number of nitrogens with one attached hydrogen (secondary N) is 2. The molecule has 1 saturated carbocycles. The number of fused-ring (bicyclic) bond motifs is 1. The second-order valence-electron chi connectivity index (χ2n) is 6.52. The van der Waals surface area contributed by atoms with E-state index in [4.69, 9.17) is 0 Å². The Morgan fingerprint density at radius 1 is 1.27 bits per heavy atom. The first kappa shape index (κ1) is 17.4. The van der Waals surface area contributed by atoms with Crippen LogP contribution in [0.15, 0.2) is 35.7 Å². The Morgan fingerprint density at radius 2 is 2.00 bits per heavy atom. The summed E-state index contributed by atoms with van der Waals surface area (Å²) in [6, 6.07) is 6.37. The van der Waals surface area contributed by atoms with Crippen molar-refractivity contribution >= 4 is 37.8 Å². The second kappa shape index (κ2) is 6.61. The highest BCUT2D eigenvalue weighted by atomic mass is 32.2. The molecule has 0 saturated heterocycles. The molecule has 6 nitrogen and oxygen atoms in total. The topological polar surface area (TPSA) is 88.2 Å². The predicted octanol–water partition coefficient (Wildman–Crippen LogP) is 2.38. The molecule has 2 aliphatic rings. The van der Waals surface area contributed by atoms with Crippen LogP contribution in [0.25, 0.3) is 5.57 Å². The molecule has 2 aromatic rings. The van der Waals surface area contributed by atoms with E-state index in [2.05, 4.69) is 22.2 Å². The monoisotopic (exact) mass is 389 g/mol. The number of sulfone groups is 1. The molecule has 4 rings (SSSR count). The van der Waals surface area contributed by atoms with E-state index >= 15 is 0 Å². The molecule has 0 bridgehead atoms. The van der Waals surface area contributed by atoms with Crippen LogP contribution >= 0.6 is 11.3 Å². The van der Waals surface area contributed by atoms with Crippen LogP contribution in [-0.2, 0) is 27.6 Å². The van der Waals surface area contributed by atoms with E-state index in [1.807, 2.05) is 0 Å². The first-order valence-corrected chi connectivity index (χ1v) is 10.9. The highest BCUT2D eigenvalue weighted by molar-refractivity contribution is 7.92. The van der Waals surface area contributed by atoms with Crippen LogP contribution in [0.2, 0.25) is 0 Å². The number of carbonyl (C=O) groups excluding carboxylic acids is 1. The first-order valence-electron chi connectivity index (χ1n) is 8.49. The molecule has 0 radical (unpaired) electrons. The number of hydrogen-bond donors (Lipinski definition) is 2. The summed E-state index contributed by atoms with van der Waals surface area (Å²) >= 11 is 1.47. The number of carbonyl (C=O) groups is 1. The van der Waals surface area contributed by atoms with Crippen molar-refractivity contribution in [3.8, 4) is 0 Å². The Bertz CT molecular complexity index is 950. The fourth-order valence-electron chi connectivity index (χ4n) is 2.90. The lowest BCUT2D eigenvalue weighted by Gasteiger charge is -2.09. The van der Waals surface area contributed by atoms with Gasteiger partial charge in [-0.25, -0.2) is 13.4 Å². The summed E-state index contributed by atoms with van der Waals surface area (Å²) in [7, 11) is -3.22. The maximum absolute atomic E-state index is 12.4. The van der Waals surface area contributed by atoms with Gasteiger partial charge in [0.05, 0.1) is 15.8 Å². The molecule has 1 amide bonds. The summed E-state index contributed by atoms with van der Waals surface area (Å²) in [6.45, 7) is 5.52. The molecule has 0 atom stereocenters. The minimum atomic E-state index is -3.22. The Hall–Kier alpha value is -2.03. The minimum absolute atomic E-state index is 0.245. The molecule has 1 aromatic heterocycles. The smallest absolute Gasteiger partial charge is 0.257 e. The second-order valence-corrected chi connectivity index (χ2v) is 9.83. The Morgan fingerprint density at radius 3 is 2.65 bits per heavy atom. The zero-order chi connectivity index (χ0) is 18.3. The van der Waals surface area contributed by atoms with E-state index in [0.717, 1.165) is 42.9 Å². The number of thiazole rings is 1. The van der Waals surface area contributed by atoms with Crippen molar-refractivity contribution in [2.24, 2.45) is 0 Å². The highest BCUT2D eigenvalue weighted by Crippen LogP contribution is 2.34. The van der Waals surface area contributed by atoms with Crippen molar-refractivity contribution < 1.29 is 13.2 Å². The molecule has 0 spiro atoms. The molecule has 1 aromatic carbocycles. The fourth-order valence-corrected chi connectivity index (χ4v) is 5.53. The molecule has 2 heterocycles. The van der Waals surface area contributed by atoms with Crippen LogP contribution < -0.4 is 10.6 Å². The molecule has 0 unspecified atom stereocenters. The molecule has 1 aliphatic carbocycles. The number of benzene rings is 1. The third-order valence-corrected chi connectivity index (χ3v) is 7.88. The van der Waals surface area contributed by atoms with E-state index in [1.54, 1.807) is 24.3 Å². The molecular formula is C18H19N3O3S2. The van der Waals surface area contributed by atoms with Crippen LogP contribution in [0.5, 0.6) is 0 Å². The first-order chi connectivity index (χ1) is 12.4. The van der Waals surface area contributed by atoms with Crippen LogP contribution in [0.1, 0.15) is 29.0 Å². The van der Waals surface area contributed by atoms with Crippen molar-refractivity contribution in [2.45, 2.75) is 36.0 Å². The Labute approximate surface area is 156 Å². The normalized spacial score (nSPS) is 16.8. The summed E-state index contributed by atoms with van der Waals surface area (Å²) in [5.74, 6) is -0.332. The Kier molecular flexibility index (Phi) is 4.42. The van der Waals surface area contributed by atoms with E-state index in [-0.39, 0.29) is 16.7 Å². The van der Waals surface area contributed by atoms with Gasteiger partial charge in [0.2, 0.25) is 0 Å². The van der Waals surface area contributed by atoms with E-state index in [0.29, 0.717) is 15.6 Å². The van der Waals surface area contributed by atoms with Crippen LogP contribution in [-0.4, -0.2) is 31.1 Å². The fraction of sp³-hybridized carbons (Fsp3) is 0.333. The predicted molar refractivity (Wildman–Crippen MR) is 102 cm³/mol. The number of hydrogen-bond acceptors (Lipinski definition) is 6. The van der Waals surface area contributed by atoms with Crippen molar-refractivity contribution in [1.82, 2.24) is 10.3 Å². The Balaban J connectivity index is 1.46. The summed E-state index contributed by atoms with van der Waals surface area (Å²) in [6.07, 6.45) is 2.32. The zero-order valence-corrected chi connectivity index (χ0v) is 15.8. The summed E-state index contributed by atoms with van der Waals surface area (Å²) in [4.78, 5) is 18.4. The average molecular weight is 390 g/mol. The van der Waals surface area contributed by atoms with Gasteiger partial charge in [0.25, 0.3) is 5.91 Å². The molecule has 26 heavy (non-hydrogen) atoms. The van der Waals surface area contributed by atoms with Crippen molar-refractivity contribution in [2.75, 3.05) is 11.9 Å². The number of aromatic nitrogens is 1. The van der Waals surface area contributed by atoms with Crippen molar-refractivity contribution in [1.29, 1.82) is 0 Å². The standard InChI is InChI=1S/C18H19N3O3S2/c1-11(12-2-4-13(5-3-12)26(23,24)14-6-7-14)17(22)21-18-20-15-8-9-19-10-16(15)25-18/h2-5,14,19H,1,6-10H2,(H,20,21,22). The third-order valence-electron chi connectivity index (χ3n) is 4.59. The molecule has 1 fully saturated rings. The quantitative estimate of drug-likeness (QED) is 0.767. The van der Waals surface area contributed by atoms with Gasteiger partial charge in [-0.2, -0.15) is 0 Å². The highest BCUT2D eigenvalue weighted by Gasteiger charge is 2.36. The van der Waals surface area contributed by atoms with Gasteiger partial charge in [-0.15, -0.1) is 11.3 Å². The van der Waals surface area contributed by atoms with Crippen LogP contribution in [0.3, 0.4) is 0 Å². The largest absolute Gasteiger partial charge is 0.311 e. The van der Waals surface area contributed by atoms with E-state index in [9.17, 15) is 13.2 Å². The maximum Gasteiger partial charge on any atom is 0.257 e. The summed E-state index contributed by atoms with van der Waals surface area (Å²) in [5, 5.41) is 6.39. The van der Waals surface area contributed by atoms with Gasteiger partial charge < -0.3 is 5.32 Å². The van der Waals surface area contributed by atoms with Gasteiger partial charge >= 0.3 is 0 Å². The van der Waals surface area contributed by atoms with Crippen LogP contribution in [0, 0.1) is 0 Å². The lowest BCUT2D eigenvalue weighted by molar-refractivity contribution is -0.111. The van der Waals surface area contributed by atoms with Gasteiger partial charge in [-0.1, -0.05) is 18.7 Å². The molecule has 8 heteroatoms. The SMILES string of the molecule is C=C(C(=O)Nc1nc2c(s1)CNCC2)c1ccc(S(=O)(=O)C2CC2)cc1. The van der Waals surface area contributed by atoms with Gasteiger partial charge in [-0.3, -0.25) is 10.1 Å². The summed E-state index contributed by atoms with van der Waals surface area (Å²) < 4.78 is 24.5. The minimum Gasteiger partial charge on any atom is -0.311 e.